The highest BCUT2D eigenvalue weighted by atomic mass is 16.1. The summed E-state index contributed by atoms with van der Waals surface area (Å²) in [5, 5.41) is 15.6. The number of nitrogens with one attached hydrogen (secondary N) is 1. The molecular weight excluding hydrogens is 304 g/mol. The summed E-state index contributed by atoms with van der Waals surface area (Å²) >= 11 is 0. The number of aryl methyl sites for hydroxylation is 1. The van der Waals surface area contributed by atoms with Gasteiger partial charge in [0.25, 0.3) is 5.91 Å². The van der Waals surface area contributed by atoms with Crippen molar-refractivity contribution in [1.82, 2.24) is 29.9 Å². The lowest BCUT2D eigenvalue weighted by Gasteiger charge is -2.18. The standard InChI is InChI=1S/C17H26N6O/c1-4-9-23-13(3)15(10-19-23)17(24)20-12(2)16-21-18-11-22(16)14-7-5-6-8-14/h10-12,14H,4-9H2,1-3H3,(H,20,24)/t12-/m0/s1. The van der Waals surface area contributed by atoms with Gasteiger partial charge in [-0.25, -0.2) is 0 Å². The van der Waals surface area contributed by atoms with Gasteiger partial charge in [-0.2, -0.15) is 5.10 Å². The topological polar surface area (TPSA) is 77.6 Å². The number of hydrogen-bond donors (Lipinski definition) is 1. The lowest BCUT2D eigenvalue weighted by Crippen LogP contribution is -2.29. The molecule has 0 spiro atoms. The van der Waals surface area contributed by atoms with Gasteiger partial charge < -0.3 is 9.88 Å². The van der Waals surface area contributed by atoms with Crippen molar-refractivity contribution in [3.63, 3.8) is 0 Å². The molecule has 0 aromatic carbocycles. The van der Waals surface area contributed by atoms with Crippen LogP contribution in [0, 0.1) is 6.92 Å². The van der Waals surface area contributed by atoms with Crippen molar-refractivity contribution in [1.29, 1.82) is 0 Å². The first-order valence-corrected chi connectivity index (χ1v) is 8.84. The Hall–Kier alpha value is -2.18. The van der Waals surface area contributed by atoms with Gasteiger partial charge in [0.05, 0.1) is 17.8 Å². The Labute approximate surface area is 142 Å². The molecule has 1 saturated carbocycles. The Balaban J connectivity index is 1.72. The molecular formula is C17H26N6O. The number of aromatic nitrogens is 5. The zero-order valence-corrected chi connectivity index (χ0v) is 14.7. The van der Waals surface area contributed by atoms with Crippen LogP contribution in [0.2, 0.25) is 0 Å². The largest absolute Gasteiger partial charge is 0.342 e. The van der Waals surface area contributed by atoms with Crippen LogP contribution >= 0.6 is 0 Å². The molecule has 0 bridgehead atoms. The van der Waals surface area contributed by atoms with Crippen LogP contribution in [-0.4, -0.2) is 30.5 Å². The average Bonchev–Trinajstić information content (AvgIpc) is 3.27. The molecule has 1 atom stereocenters. The fourth-order valence-electron chi connectivity index (χ4n) is 3.47. The van der Waals surface area contributed by atoms with Gasteiger partial charge in [0.2, 0.25) is 0 Å². The number of amides is 1. The highest BCUT2D eigenvalue weighted by molar-refractivity contribution is 5.95. The molecule has 0 saturated heterocycles. The lowest BCUT2D eigenvalue weighted by atomic mass is 10.2. The first-order chi connectivity index (χ1) is 11.6. The Morgan fingerprint density at radius 2 is 2.17 bits per heavy atom. The SMILES string of the molecule is CCCn1ncc(C(=O)N[C@@H](C)c2nncn2C2CCCC2)c1C. The van der Waals surface area contributed by atoms with Crippen LogP contribution in [0.25, 0.3) is 0 Å². The minimum atomic E-state index is -0.186. The molecule has 2 aromatic rings. The minimum absolute atomic E-state index is 0.108. The van der Waals surface area contributed by atoms with Crippen molar-refractivity contribution in [3.05, 3.63) is 29.6 Å². The van der Waals surface area contributed by atoms with Gasteiger partial charge in [-0.05, 0) is 33.1 Å². The van der Waals surface area contributed by atoms with Gasteiger partial charge in [-0.3, -0.25) is 9.48 Å². The molecule has 24 heavy (non-hydrogen) atoms. The summed E-state index contributed by atoms with van der Waals surface area (Å²) < 4.78 is 4.01. The van der Waals surface area contributed by atoms with E-state index < -0.39 is 0 Å². The molecule has 1 aliphatic rings. The summed E-state index contributed by atoms with van der Waals surface area (Å²) in [5.74, 6) is 0.720. The monoisotopic (exact) mass is 330 g/mol. The highest BCUT2D eigenvalue weighted by Gasteiger charge is 2.24. The van der Waals surface area contributed by atoms with E-state index in [-0.39, 0.29) is 11.9 Å². The molecule has 3 rings (SSSR count). The van der Waals surface area contributed by atoms with Crippen molar-refractivity contribution >= 4 is 5.91 Å². The summed E-state index contributed by atoms with van der Waals surface area (Å²) in [6.07, 6.45) is 9.25. The maximum atomic E-state index is 12.6. The van der Waals surface area contributed by atoms with E-state index in [9.17, 15) is 4.79 Å². The number of nitrogens with zero attached hydrogens (tertiary/aromatic N) is 5. The zero-order chi connectivity index (χ0) is 17.1. The van der Waals surface area contributed by atoms with Crippen molar-refractivity contribution < 1.29 is 4.79 Å². The first kappa shape index (κ1) is 16.7. The maximum absolute atomic E-state index is 12.6. The second-order valence-corrected chi connectivity index (χ2v) is 6.60. The molecule has 2 heterocycles. The molecule has 1 amide bonds. The molecule has 7 heteroatoms. The average molecular weight is 330 g/mol. The molecule has 1 fully saturated rings. The van der Waals surface area contributed by atoms with Crippen LogP contribution in [-0.2, 0) is 6.54 Å². The summed E-state index contributed by atoms with van der Waals surface area (Å²) in [6, 6.07) is 0.276. The van der Waals surface area contributed by atoms with E-state index in [0.717, 1.165) is 37.3 Å². The number of hydrogen-bond acceptors (Lipinski definition) is 4. The number of rotatable bonds is 6. The summed E-state index contributed by atoms with van der Waals surface area (Å²) in [5.41, 5.74) is 1.53. The Morgan fingerprint density at radius 1 is 1.42 bits per heavy atom. The minimum Gasteiger partial charge on any atom is -0.342 e. The van der Waals surface area contributed by atoms with Gasteiger partial charge in [0.15, 0.2) is 5.82 Å². The normalized spacial score (nSPS) is 16.5. The smallest absolute Gasteiger partial charge is 0.255 e. The van der Waals surface area contributed by atoms with Gasteiger partial charge in [0.1, 0.15) is 6.33 Å². The van der Waals surface area contributed by atoms with Crippen molar-refractivity contribution in [2.24, 2.45) is 0 Å². The molecule has 1 N–H and O–H groups in total. The third-order valence-corrected chi connectivity index (χ3v) is 4.84. The van der Waals surface area contributed by atoms with E-state index in [1.54, 1.807) is 12.5 Å². The third-order valence-electron chi connectivity index (χ3n) is 4.84. The first-order valence-electron chi connectivity index (χ1n) is 8.84. The molecule has 1 aliphatic carbocycles. The van der Waals surface area contributed by atoms with E-state index in [1.165, 1.54) is 12.8 Å². The van der Waals surface area contributed by atoms with Crippen LogP contribution in [0.5, 0.6) is 0 Å². The van der Waals surface area contributed by atoms with E-state index in [0.29, 0.717) is 11.6 Å². The van der Waals surface area contributed by atoms with Crippen LogP contribution in [0.4, 0.5) is 0 Å². The van der Waals surface area contributed by atoms with E-state index in [2.05, 4.69) is 32.1 Å². The number of carbonyl (C=O) groups excluding carboxylic acids is 1. The zero-order valence-electron chi connectivity index (χ0n) is 14.7. The summed E-state index contributed by atoms with van der Waals surface area (Å²) in [6.45, 7) is 6.81. The molecule has 2 aromatic heterocycles. The van der Waals surface area contributed by atoms with Gasteiger partial charge in [-0.1, -0.05) is 19.8 Å². The van der Waals surface area contributed by atoms with Crippen LogP contribution in [0.1, 0.15) is 79.9 Å². The molecule has 0 radical (unpaired) electrons. The predicted molar refractivity (Wildman–Crippen MR) is 90.7 cm³/mol. The van der Waals surface area contributed by atoms with Gasteiger partial charge in [-0.15, -0.1) is 10.2 Å². The van der Waals surface area contributed by atoms with Gasteiger partial charge >= 0.3 is 0 Å². The molecule has 0 aliphatic heterocycles. The van der Waals surface area contributed by atoms with Crippen molar-refractivity contribution in [2.45, 2.75) is 71.5 Å². The molecule has 0 unspecified atom stereocenters. The third kappa shape index (κ3) is 3.20. The fraction of sp³-hybridized carbons (Fsp3) is 0.647. The predicted octanol–water partition coefficient (Wildman–Crippen LogP) is 2.80. The Morgan fingerprint density at radius 3 is 2.88 bits per heavy atom. The second-order valence-electron chi connectivity index (χ2n) is 6.60. The number of carbonyl (C=O) groups is 1. The Kier molecular flexibility index (Phi) is 4.97. The van der Waals surface area contributed by atoms with Crippen molar-refractivity contribution in [3.8, 4) is 0 Å². The van der Waals surface area contributed by atoms with Crippen LogP contribution in [0.3, 0.4) is 0 Å². The molecule has 7 nitrogen and oxygen atoms in total. The quantitative estimate of drug-likeness (QED) is 0.883. The van der Waals surface area contributed by atoms with E-state index in [4.69, 9.17) is 0 Å². The van der Waals surface area contributed by atoms with Crippen LogP contribution in [0.15, 0.2) is 12.5 Å². The summed E-state index contributed by atoms with van der Waals surface area (Å²) in [7, 11) is 0. The lowest BCUT2D eigenvalue weighted by molar-refractivity contribution is 0.0936. The maximum Gasteiger partial charge on any atom is 0.255 e. The summed E-state index contributed by atoms with van der Waals surface area (Å²) in [4.78, 5) is 12.6. The molecule has 130 valence electrons. The van der Waals surface area contributed by atoms with Gasteiger partial charge in [0, 0.05) is 18.3 Å². The fourth-order valence-corrected chi connectivity index (χ4v) is 3.47. The highest BCUT2D eigenvalue weighted by Crippen LogP contribution is 2.31. The second kappa shape index (κ2) is 7.15. The van der Waals surface area contributed by atoms with Crippen molar-refractivity contribution in [2.75, 3.05) is 0 Å². The van der Waals surface area contributed by atoms with E-state index in [1.807, 2.05) is 18.5 Å². The van der Waals surface area contributed by atoms with Crippen LogP contribution < -0.4 is 5.32 Å². The van der Waals surface area contributed by atoms with E-state index >= 15 is 0 Å². The Bertz CT molecular complexity index is 698.